The Bertz CT molecular complexity index is 138. The van der Waals surface area contributed by atoms with E-state index in [-0.39, 0.29) is 0 Å². The number of hydrogen-bond donors (Lipinski definition) is 0. The summed E-state index contributed by atoms with van der Waals surface area (Å²) in [6.45, 7) is 13.8. The van der Waals surface area contributed by atoms with E-state index in [4.69, 9.17) is 4.43 Å². The topological polar surface area (TPSA) is 9.23 Å². The van der Waals surface area contributed by atoms with E-state index < -0.39 is 8.32 Å². The van der Waals surface area contributed by atoms with Crippen molar-refractivity contribution in [2.75, 3.05) is 0 Å². The molecule has 0 amide bonds. The standard InChI is InChI=1S/C8H16OSi/c1-6-8(3)9-10(4,5)7-2/h6H,1,3,7H2,2,4-5H3. The normalized spacial score (nSPS) is 10.7. The molecule has 0 bridgehead atoms. The van der Waals surface area contributed by atoms with Crippen molar-refractivity contribution >= 4 is 8.32 Å². The molecule has 0 aliphatic rings. The molecule has 0 fully saturated rings. The van der Waals surface area contributed by atoms with Gasteiger partial charge in [-0.3, -0.25) is 0 Å². The van der Waals surface area contributed by atoms with Gasteiger partial charge in [0.25, 0.3) is 0 Å². The van der Waals surface area contributed by atoms with Crippen LogP contribution in [-0.2, 0) is 4.43 Å². The van der Waals surface area contributed by atoms with E-state index in [1.54, 1.807) is 6.08 Å². The lowest BCUT2D eigenvalue weighted by molar-refractivity contribution is 0.438. The van der Waals surface area contributed by atoms with Gasteiger partial charge in [-0.05, 0) is 25.2 Å². The molecule has 0 saturated carbocycles. The molecule has 0 radical (unpaired) electrons. The molecule has 0 aliphatic heterocycles. The largest absolute Gasteiger partial charge is 0.544 e. The fraction of sp³-hybridized carbons (Fsp3) is 0.500. The van der Waals surface area contributed by atoms with Crippen molar-refractivity contribution in [3.63, 3.8) is 0 Å². The van der Waals surface area contributed by atoms with Crippen molar-refractivity contribution in [3.8, 4) is 0 Å². The van der Waals surface area contributed by atoms with Crippen LogP contribution in [0.5, 0.6) is 0 Å². The molecule has 0 saturated heterocycles. The first kappa shape index (κ1) is 9.50. The smallest absolute Gasteiger partial charge is 0.244 e. The molecule has 0 N–H and O–H groups in total. The van der Waals surface area contributed by atoms with Gasteiger partial charge in [0.15, 0.2) is 0 Å². The Morgan fingerprint density at radius 1 is 1.60 bits per heavy atom. The van der Waals surface area contributed by atoms with Crippen LogP contribution in [0.3, 0.4) is 0 Å². The summed E-state index contributed by atoms with van der Waals surface area (Å²) in [5.41, 5.74) is 0. The summed E-state index contributed by atoms with van der Waals surface area (Å²) < 4.78 is 5.56. The maximum Gasteiger partial charge on any atom is 0.244 e. The maximum atomic E-state index is 5.56. The first-order valence-corrected chi connectivity index (χ1v) is 6.63. The number of rotatable bonds is 4. The lowest BCUT2D eigenvalue weighted by atomic mass is 10.6. The lowest BCUT2D eigenvalue weighted by Gasteiger charge is -2.22. The summed E-state index contributed by atoms with van der Waals surface area (Å²) in [6.07, 6.45) is 1.66. The van der Waals surface area contributed by atoms with Gasteiger partial charge in [0.05, 0.1) is 5.76 Å². The molecular weight excluding hydrogens is 140 g/mol. The first-order valence-electron chi connectivity index (χ1n) is 3.52. The molecule has 10 heavy (non-hydrogen) atoms. The summed E-state index contributed by atoms with van der Waals surface area (Å²) >= 11 is 0. The highest BCUT2D eigenvalue weighted by Crippen LogP contribution is 2.13. The molecule has 58 valence electrons. The molecule has 0 spiro atoms. The molecule has 0 unspecified atom stereocenters. The highest BCUT2D eigenvalue weighted by atomic mass is 28.4. The molecule has 0 aliphatic carbocycles. The summed E-state index contributed by atoms with van der Waals surface area (Å²) in [4.78, 5) is 0. The van der Waals surface area contributed by atoms with E-state index in [1.165, 1.54) is 0 Å². The molecule has 0 aromatic heterocycles. The van der Waals surface area contributed by atoms with Crippen molar-refractivity contribution in [2.45, 2.75) is 26.1 Å². The predicted molar refractivity (Wildman–Crippen MR) is 48.4 cm³/mol. The minimum atomic E-state index is -1.43. The van der Waals surface area contributed by atoms with Gasteiger partial charge in [-0.1, -0.05) is 20.1 Å². The minimum Gasteiger partial charge on any atom is -0.544 e. The van der Waals surface area contributed by atoms with Gasteiger partial charge in [0.2, 0.25) is 8.32 Å². The number of hydrogen-bond acceptors (Lipinski definition) is 1. The lowest BCUT2D eigenvalue weighted by Crippen LogP contribution is -2.27. The molecular formula is C8H16OSi. The molecule has 0 aromatic rings. The Balaban J connectivity index is 3.87. The van der Waals surface area contributed by atoms with Crippen LogP contribution in [-0.4, -0.2) is 8.32 Å². The second kappa shape index (κ2) is 3.61. The Labute approximate surface area is 64.5 Å². The van der Waals surface area contributed by atoms with Gasteiger partial charge in [-0.2, -0.15) is 0 Å². The summed E-state index contributed by atoms with van der Waals surface area (Å²) in [6, 6.07) is 1.11. The van der Waals surface area contributed by atoms with Gasteiger partial charge < -0.3 is 4.43 Å². The van der Waals surface area contributed by atoms with Crippen molar-refractivity contribution in [1.82, 2.24) is 0 Å². The van der Waals surface area contributed by atoms with Gasteiger partial charge in [-0.25, -0.2) is 0 Å². The van der Waals surface area contributed by atoms with Crippen LogP contribution in [0.2, 0.25) is 19.1 Å². The average Bonchev–Trinajstić information content (AvgIpc) is 1.87. The van der Waals surface area contributed by atoms with Crippen molar-refractivity contribution in [1.29, 1.82) is 0 Å². The summed E-state index contributed by atoms with van der Waals surface area (Å²) in [7, 11) is -1.43. The van der Waals surface area contributed by atoms with Crippen molar-refractivity contribution in [3.05, 3.63) is 25.0 Å². The monoisotopic (exact) mass is 156 g/mol. The van der Waals surface area contributed by atoms with Crippen LogP contribution in [0.4, 0.5) is 0 Å². The van der Waals surface area contributed by atoms with Gasteiger partial charge in [-0.15, -0.1) is 0 Å². The third-order valence-corrected chi connectivity index (χ3v) is 4.00. The van der Waals surface area contributed by atoms with Crippen LogP contribution < -0.4 is 0 Å². The molecule has 0 heterocycles. The zero-order valence-electron chi connectivity index (χ0n) is 7.11. The Morgan fingerprint density at radius 3 is 2.40 bits per heavy atom. The van der Waals surface area contributed by atoms with Gasteiger partial charge in [0, 0.05) is 0 Å². The Hall–Kier alpha value is -0.503. The molecule has 0 rings (SSSR count). The van der Waals surface area contributed by atoms with Crippen LogP contribution in [0.15, 0.2) is 25.0 Å². The predicted octanol–water partition coefficient (Wildman–Crippen LogP) is 2.93. The van der Waals surface area contributed by atoms with Crippen LogP contribution >= 0.6 is 0 Å². The van der Waals surface area contributed by atoms with Gasteiger partial charge >= 0.3 is 0 Å². The number of allylic oxidation sites excluding steroid dienone is 1. The zero-order valence-corrected chi connectivity index (χ0v) is 8.11. The maximum absolute atomic E-state index is 5.56. The second-order valence-corrected chi connectivity index (χ2v) is 7.32. The van der Waals surface area contributed by atoms with Crippen LogP contribution in [0.25, 0.3) is 0 Å². The fourth-order valence-electron chi connectivity index (χ4n) is 0.469. The molecule has 2 heteroatoms. The highest BCUT2D eigenvalue weighted by Gasteiger charge is 2.20. The summed E-state index contributed by atoms with van der Waals surface area (Å²) in [5.74, 6) is 0.707. The van der Waals surface area contributed by atoms with Gasteiger partial charge in [0.1, 0.15) is 0 Å². The van der Waals surface area contributed by atoms with E-state index in [9.17, 15) is 0 Å². The van der Waals surface area contributed by atoms with E-state index in [2.05, 4.69) is 33.2 Å². The Kier molecular flexibility index (Phi) is 3.43. The summed E-state index contributed by atoms with van der Waals surface area (Å²) in [5, 5.41) is 0. The van der Waals surface area contributed by atoms with E-state index in [1.807, 2.05) is 0 Å². The van der Waals surface area contributed by atoms with Crippen molar-refractivity contribution in [2.24, 2.45) is 0 Å². The van der Waals surface area contributed by atoms with Crippen LogP contribution in [0, 0.1) is 0 Å². The zero-order chi connectivity index (χ0) is 8.20. The highest BCUT2D eigenvalue weighted by molar-refractivity contribution is 6.71. The molecule has 0 atom stereocenters. The SMILES string of the molecule is C=CC(=C)O[Si](C)(C)CC. The molecule has 1 nitrogen and oxygen atoms in total. The van der Waals surface area contributed by atoms with E-state index >= 15 is 0 Å². The van der Waals surface area contributed by atoms with Crippen LogP contribution in [0.1, 0.15) is 6.92 Å². The van der Waals surface area contributed by atoms with Crippen molar-refractivity contribution < 1.29 is 4.43 Å². The first-order chi connectivity index (χ1) is 4.52. The fourth-order valence-corrected chi connectivity index (χ4v) is 1.41. The Morgan fingerprint density at radius 2 is 2.10 bits per heavy atom. The third kappa shape index (κ3) is 3.51. The third-order valence-electron chi connectivity index (χ3n) is 1.49. The second-order valence-electron chi connectivity index (χ2n) is 2.89. The van der Waals surface area contributed by atoms with E-state index in [0.29, 0.717) is 5.76 Å². The quantitative estimate of drug-likeness (QED) is 0.345. The average molecular weight is 156 g/mol. The van der Waals surface area contributed by atoms with E-state index in [0.717, 1.165) is 6.04 Å². The minimum absolute atomic E-state index is 0.707. The molecule has 0 aromatic carbocycles.